The van der Waals surface area contributed by atoms with E-state index in [9.17, 15) is 0 Å². The van der Waals surface area contributed by atoms with Crippen LogP contribution in [0, 0.1) is 5.92 Å². The van der Waals surface area contributed by atoms with Crippen LogP contribution >= 0.6 is 0 Å². The molecule has 0 spiro atoms. The van der Waals surface area contributed by atoms with Crippen molar-refractivity contribution in [1.29, 1.82) is 0 Å². The maximum absolute atomic E-state index is 6.00. The number of allylic oxidation sites excluding steroid dienone is 1. The predicted octanol–water partition coefficient (Wildman–Crippen LogP) is 4.42. The van der Waals surface area contributed by atoms with Crippen LogP contribution in [0.15, 0.2) is 54.6 Å². The van der Waals surface area contributed by atoms with Gasteiger partial charge >= 0.3 is 0 Å². The molecule has 1 aliphatic rings. The average molecular weight is 274 g/mol. The summed E-state index contributed by atoms with van der Waals surface area (Å²) >= 11 is 0. The Labute approximate surface area is 124 Å². The van der Waals surface area contributed by atoms with Crippen LogP contribution < -0.4 is 5.73 Å². The van der Waals surface area contributed by atoms with E-state index in [4.69, 9.17) is 5.73 Å². The predicted molar refractivity (Wildman–Crippen MR) is 89.6 cm³/mol. The molecular formula is C19H18N2. The van der Waals surface area contributed by atoms with Crippen LogP contribution in [0.25, 0.3) is 22.7 Å². The Hall–Kier alpha value is -2.48. The average Bonchev–Trinajstić information content (AvgIpc) is 2.81. The second-order valence-electron chi connectivity index (χ2n) is 5.85. The molecule has 1 unspecified atom stereocenters. The van der Waals surface area contributed by atoms with Crippen LogP contribution in [0.4, 0.5) is 5.69 Å². The van der Waals surface area contributed by atoms with E-state index in [0.717, 1.165) is 12.1 Å². The normalized spacial score (nSPS) is 17.1. The number of para-hydroxylation sites is 1. The molecule has 2 heteroatoms. The van der Waals surface area contributed by atoms with Gasteiger partial charge in [-0.25, -0.2) is 0 Å². The van der Waals surface area contributed by atoms with Gasteiger partial charge in [-0.3, -0.25) is 0 Å². The highest BCUT2D eigenvalue weighted by molar-refractivity contribution is 5.95. The Bertz CT molecular complexity index is 841. The van der Waals surface area contributed by atoms with Crippen molar-refractivity contribution < 1.29 is 0 Å². The minimum absolute atomic E-state index is 0.571. The van der Waals surface area contributed by atoms with Crippen LogP contribution in [0.3, 0.4) is 0 Å². The lowest BCUT2D eigenvalue weighted by molar-refractivity contribution is 0.690. The van der Waals surface area contributed by atoms with Gasteiger partial charge in [0.2, 0.25) is 0 Å². The van der Waals surface area contributed by atoms with Gasteiger partial charge in [0.05, 0.1) is 5.52 Å². The Balaban J connectivity index is 2.10. The van der Waals surface area contributed by atoms with Crippen LogP contribution in [-0.4, -0.2) is 4.57 Å². The summed E-state index contributed by atoms with van der Waals surface area (Å²) in [6, 6.07) is 16.8. The minimum atomic E-state index is 0.571. The number of anilines is 1. The van der Waals surface area contributed by atoms with Crippen molar-refractivity contribution in [3.63, 3.8) is 0 Å². The van der Waals surface area contributed by atoms with Crippen LogP contribution in [-0.2, 0) is 6.42 Å². The quantitative estimate of drug-likeness (QED) is 0.654. The Morgan fingerprint density at radius 1 is 1.10 bits per heavy atom. The van der Waals surface area contributed by atoms with E-state index in [1.165, 1.54) is 27.8 Å². The summed E-state index contributed by atoms with van der Waals surface area (Å²) in [7, 11) is 0. The maximum Gasteiger partial charge on any atom is 0.0539 e. The Morgan fingerprint density at radius 2 is 1.90 bits per heavy atom. The van der Waals surface area contributed by atoms with Crippen molar-refractivity contribution >= 4 is 22.7 Å². The molecule has 104 valence electrons. The van der Waals surface area contributed by atoms with Crippen LogP contribution in [0.2, 0.25) is 0 Å². The molecule has 2 N–H and O–H groups in total. The highest BCUT2D eigenvalue weighted by Crippen LogP contribution is 2.35. The van der Waals surface area contributed by atoms with E-state index in [0.29, 0.717) is 5.92 Å². The van der Waals surface area contributed by atoms with Crippen LogP contribution in [0.1, 0.15) is 18.2 Å². The molecule has 0 saturated carbocycles. The zero-order chi connectivity index (χ0) is 14.4. The summed E-state index contributed by atoms with van der Waals surface area (Å²) < 4.78 is 2.38. The first kappa shape index (κ1) is 12.3. The van der Waals surface area contributed by atoms with Crippen molar-refractivity contribution in [1.82, 2.24) is 4.57 Å². The lowest BCUT2D eigenvalue weighted by Crippen LogP contribution is -2.08. The van der Waals surface area contributed by atoms with Crippen molar-refractivity contribution in [3.8, 4) is 5.69 Å². The third-order valence-electron chi connectivity index (χ3n) is 4.25. The number of nitrogens with zero attached hydrogens (tertiary/aromatic N) is 1. The maximum atomic E-state index is 6.00. The number of hydrogen-bond donors (Lipinski definition) is 1. The third kappa shape index (κ3) is 1.87. The Morgan fingerprint density at radius 3 is 2.71 bits per heavy atom. The van der Waals surface area contributed by atoms with E-state index in [2.05, 4.69) is 66.1 Å². The largest absolute Gasteiger partial charge is 0.399 e. The van der Waals surface area contributed by atoms with E-state index < -0.39 is 0 Å². The monoisotopic (exact) mass is 274 g/mol. The van der Waals surface area contributed by atoms with E-state index in [1.807, 2.05) is 6.07 Å². The molecule has 0 fully saturated rings. The lowest BCUT2D eigenvalue weighted by atomic mass is 9.94. The molecule has 0 saturated heterocycles. The second-order valence-corrected chi connectivity index (χ2v) is 5.85. The van der Waals surface area contributed by atoms with Gasteiger partial charge in [-0.2, -0.15) is 0 Å². The van der Waals surface area contributed by atoms with Crippen molar-refractivity contribution in [2.24, 2.45) is 5.92 Å². The zero-order valence-corrected chi connectivity index (χ0v) is 12.1. The van der Waals surface area contributed by atoms with E-state index in [1.54, 1.807) is 0 Å². The van der Waals surface area contributed by atoms with E-state index >= 15 is 0 Å². The summed E-state index contributed by atoms with van der Waals surface area (Å²) in [6.07, 6.45) is 5.61. The fraction of sp³-hybridized carbons (Fsp3) is 0.158. The van der Waals surface area contributed by atoms with Gasteiger partial charge < -0.3 is 10.3 Å². The van der Waals surface area contributed by atoms with Gasteiger partial charge in [0.25, 0.3) is 0 Å². The summed E-state index contributed by atoms with van der Waals surface area (Å²) in [6.45, 7) is 2.26. The number of benzene rings is 2. The molecule has 0 radical (unpaired) electrons. The summed E-state index contributed by atoms with van der Waals surface area (Å²) in [5, 5.41) is 1.25. The standard InChI is InChI=1S/C19H18N2/c1-13-7-9-16-17-12-14(20)8-10-18(17)21(19(16)11-13)15-5-3-2-4-6-15/h2-10,12-13H,11,20H2,1H3. The number of fused-ring (bicyclic) bond motifs is 3. The summed E-state index contributed by atoms with van der Waals surface area (Å²) in [5.74, 6) is 0.571. The fourth-order valence-corrected chi connectivity index (χ4v) is 3.28. The van der Waals surface area contributed by atoms with Crippen LogP contribution in [0.5, 0.6) is 0 Å². The van der Waals surface area contributed by atoms with Gasteiger partial charge in [-0.1, -0.05) is 37.3 Å². The zero-order valence-electron chi connectivity index (χ0n) is 12.1. The molecule has 4 rings (SSSR count). The molecule has 1 aliphatic carbocycles. The molecule has 1 heterocycles. The molecule has 21 heavy (non-hydrogen) atoms. The molecule has 1 atom stereocenters. The number of nitrogen functional groups attached to an aromatic ring is 1. The molecule has 0 bridgehead atoms. The first-order valence-corrected chi connectivity index (χ1v) is 7.40. The summed E-state index contributed by atoms with van der Waals surface area (Å²) in [4.78, 5) is 0. The highest BCUT2D eigenvalue weighted by atomic mass is 15.0. The third-order valence-corrected chi connectivity index (χ3v) is 4.25. The SMILES string of the molecule is CC1C=Cc2c(n(-c3ccccc3)c3ccc(N)cc23)C1. The van der Waals surface area contributed by atoms with Crippen molar-refractivity contribution in [2.45, 2.75) is 13.3 Å². The highest BCUT2D eigenvalue weighted by Gasteiger charge is 2.20. The van der Waals surface area contributed by atoms with Gasteiger partial charge in [0.15, 0.2) is 0 Å². The van der Waals surface area contributed by atoms with Gasteiger partial charge in [-0.05, 0) is 42.7 Å². The second kappa shape index (κ2) is 4.52. The van der Waals surface area contributed by atoms with Gasteiger partial charge in [0, 0.05) is 28.0 Å². The summed E-state index contributed by atoms with van der Waals surface area (Å²) in [5.41, 5.74) is 12.0. The van der Waals surface area contributed by atoms with Gasteiger partial charge in [-0.15, -0.1) is 0 Å². The first-order chi connectivity index (χ1) is 10.2. The van der Waals surface area contributed by atoms with Crippen molar-refractivity contribution in [2.75, 3.05) is 5.73 Å². The fourth-order valence-electron chi connectivity index (χ4n) is 3.28. The first-order valence-electron chi connectivity index (χ1n) is 7.40. The molecular weight excluding hydrogens is 256 g/mol. The molecule has 0 amide bonds. The molecule has 3 aromatic rings. The molecule has 1 aromatic heterocycles. The lowest BCUT2D eigenvalue weighted by Gasteiger charge is -2.17. The molecule has 2 nitrogen and oxygen atoms in total. The minimum Gasteiger partial charge on any atom is -0.399 e. The number of rotatable bonds is 1. The Kier molecular flexibility index (Phi) is 2.64. The van der Waals surface area contributed by atoms with Crippen molar-refractivity contribution in [3.05, 3.63) is 65.9 Å². The van der Waals surface area contributed by atoms with Gasteiger partial charge in [0.1, 0.15) is 0 Å². The number of hydrogen-bond acceptors (Lipinski definition) is 1. The number of nitrogens with two attached hydrogens (primary N) is 1. The molecule has 0 aliphatic heterocycles. The smallest absolute Gasteiger partial charge is 0.0539 e. The number of aromatic nitrogens is 1. The molecule has 2 aromatic carbocycles. The van der Waals surface area contributed by atoms with E-state index in [-0.39, 0.29) is 0 Å². The topological polar surface area (TPSA) is 30.9 Å².